The van der Waals surface area contributed by atoms with Gasteiger partial charge in [0, 0.05) is 6.42 Å². The summed E-state index contributed by atoms with van der Waals surface area (Å²) < 4.78 is 10.1. The predicted molar refractivity (Wildman–Crippen MR) is 62.5 cm³/mol. The first-order chi connectivity index (χ1) is 7.40. The lowest BCUT2D eigenvalue weighted by Gasteiger charge is -2.17. The maximum absolute atomic E-state index is 11.4. The van der Waals surface area contributed by atoms with Crippen LogP contribution in [0.3, 0.4) is 0 Å². The first kappa shape index (κ1) is 12.5. The zero-order valence-corrected chi connectivity index (χ0v) is 10.1. The van der Waals surface area contributed by atoms with Gasteiger partial charge in [-0.1, -0.05) is 0 Å². The summed E-state index contributed by atoms with van der Waals surface area (Å²) in [6.45, 7) is 5.43. The Morgan fingerprint density at radius 1 is 1.38 bits per heavy atom. The Morgan fingerprint density at radius 2 is 2.06 bits per heavy atom. The van der Waals surface area contributed by atoms with Crippen molar-refractivity contribution >= 4 is 11.8 Å². The van der Waals surface area contributed by atoms with Gasteiger partial charge in [-0.05, 0) is 39.0 Å². The summed E-state index contributed by atoms with van der Waals surface area (Å²) in [6, 6.07) is 0. The van der Waals surface area contributed by atoms with Crippen LogP contribution in [0.5, 0.6) is 0 Å². The lowest BCUT2D eigenvalue weighted by molar-refractivity contribution is 0.0604. The second kappa shape index (κ2) is 4.96. The number of methoxy groups -OCH3 is 1. The summed E-state index contributed by atoms with van der Waals surface area (Å²) in [5.74, 6) is 0.781. The van der Waals surface area contributed by atoms with Gasteiger partial charge in [0.05, 0.1) is 12.8 Å². The molecule has 0 saturated heterocycles. The molecular formula is C12H17NO3. The van der Waals surface area contributed by atoms with Crippen molar-refractivity contribution < 1.29 is 14.3 Å². The maximum atomic E-state index is 11.4. The van der Waals surface area contributed by atoms with E-state index in [2.05, 4.69) is 4.99 Å². The summed E-state index contributed by atoms with van der Waals surface area (Å²) in [5.41, 5.74) is 0.169. The Balaban J connectivity index is 2.58. The molecule has 4 heteroatoms. The van der Waals surface area contributed by atoms with Crippen LogP contribution in [-0.4, -0.2) is 24.5 Å². The molecule has 1 rings (SSSR count). The molecular weight excluding hydrogens is 206 g/mol. The molecule has 1 amide bonds. The molecule has 0 saturated carbocycles. The van der Waals surface area contributed by atoms with Crippen LogP contribution in [0.2, 0.25) is 0 Å². The van der Waals surface area contributed by atoms with Crippen molar-refractivity contribution in [3.63, 3.8) is 0 Å². The van der Waals surface area contributed by atoms with Gasteiger partial charge in [0.15, 0.2) is 0 Å². The van der Waals surface area contributed by atoms with Crippen LogP contribution in [0.25, 0.3) is 0 Å². The van der Waals surface area contributed by atoms with Crippen LogP contribution >= 0.6 is 0 Å². The lowest BCUT2D eigenvalue weighted by atomic mass is 10.1. The van der Waals surface area contributed by atoms with Crippen molar-refractivity contribution in [1.82, 2.24) is 0 Å². The number of nitrogens with zero attached hydrogens (tertiary/aromatic N) is 1. The van der Waals surface area contributed by atoms with Crippen molar-refractivity contribution in [1.29, 1.82) is 0 Å². The SMILES string of the molecule is COC1=CC/C(=N/C(=O)OC(C)(C)C)C=C1. The minimum atomic E-state index is -0.554. The van der Waals surface area contributed by atoms with Gasteiger partial charge >= 0.3 is 6.09 Å². The highest BCUT2D eigenvalue weighted by Crippen LogP contribution is 2.11. The highest BCUT2D eigenvalue weighted by atomic mass is 16.6. The Bertz CT molecular complexity index is 359. The number of rotatable bonds is 1. The molecule has 4 nitrogen and oxygen atoms in total. The molecule has 0 N–H and O–H groups in total. The fourth-order valence-electron chi connectivity index (χ4n) is 1.16. The summed E-state index contributed by atoms with van der Waals surface area (Å²) in [7, 11) is 1.60. The van der Waals surface area contributed by atoms with Gasteiger partial charge in [-0.2, -0.15) is 4.99 Å². The molecule has 0 aromatic rings. The number of hydrogen-bond donors (Lipinski definition) is 0. The van der Waals surface area contributed by atoms with E-state index in [1.807, 2.05) is 26.8 Å². The van der Waals surface area contributed by atoms with E-state index in [0.717, 1.165) is 5.76 Å². The first-order valence-corrected chi connectivity index (χ1v) is 5.13. The molecule has 1 aliphatic carbocycles. The zero-order chi connectivity index (χ0) is 12.2. The highest BCUT2D eigenvalue weighted by Gasteiger charge is 2.16. The van der Waals surface area contributed by atoms with Crippen LogP contribution in [0, 0.1) is 0 Å². The molecule has 0 heterocycles. The van der Waals surface area contributed by atoms with Gasteiger partial charge in [0.2, 0.25) is 0 Å². The standard InChI is InChI=1S/C12H17NO3/c1-12(2,3)16-11(14)13-9-5-7-10(15-4)8-6-9/h5,7-8H,6H2,1-4H3/b13-9+. The molecule has 0 unspecified atom stereocenters. The van der Waals surface area contributed by atoms with E-state index in [0.29, 0.717) is 12.1 Å². The molecule has 0 fully saturated rings. The van der Waals surface area contributed by atoms with E-state index in [-0.39, 0.29) is 0 Å². The van der Waals surface area contributed by atoms with Gasteiger partial charge in [-0.25, -0.2) is 4.79 Å². The second-order valence-electron chi connectivity index (χ2n) is 4.43. The predicted octanol–water partition coefficient (Wildman–Crippen LogP) is 2.85. The third kappa shape index (κ3) is 4.29. The van der Waals surface area contributed by atoms with Crippen molar-refractivity contribution in [3.05, 3.63) is 24.0 Å². The zero-order valence-electron chi connectivity index (χ0n) is 10.1. The molecule has 0 aromatic carbocycles. The minimum absolute atomic E-state index is 0.507. The van der Waals surface area contributed by atoms with Crippen LogP contribution in [-0.2, 0) is 9.47 Å². The summed E-state index contributed by atoms with van der Waals surface area (Å²) in [6.07, 6.45) is 5.42. The van der Waals surface area contributed by atoms with Crippen molar-refractivity contribution in [2.75, 3.05) is 7.11 Å². The molecule has 88 valence electrons. The highest BCUT2D eigenvalue weighted by molar-refractivity contribution is 6.02. The quantitative estimate of drug-likeness (QED) is 0.686. The topological polar surface area (TPSA) is 47.9 Å². The third-order valence-electron chi connectivity index (χ3n) is 1.82. The molecule has 16 heavy (non-hydrogen) atoms. The molecule has 1 aliphatic rings. The molecule has 0 radical (unpaired) electrons. The molecule has 0 spiro atoms. The Hall–Kier alpha value is -1.58. The number of ether oxygens (including phenoxy) is 2. The van der Waals surface area contributed by atoms with Gasteiger partial charge in [-0.15, -0.1) is 0 Å². The second-order valence-corrected chi connectivity index (χ2v) is 4.43. The number of carbonyl (C=O) groups is 1. The number of amides is 1. The molecule has 0 atom stereocenters. The van der Waals surface area contributed by atoms with E-state index >= 15 is 0 Å². The van der Waals surface area contributed by atoms with E-state index in [1.165, 1.54) is 0 Å². The molecule has 0 aromatic heterocycles. The summed E-state index contributed by atoms with van der Waals surface area (Å²) >= 11 is 0. The fraction of sp³-hybridized carbons (Fsp3) is 0.500. The number of allylic oxidation sites excluding steroid dienone is 3. The average molecular weight is 223 g/mol. The maximum Gasteiger partial charge on any atom is 0.434 e. The Kier molecular flexibility index (Phi) is 3.88. The van der Waals surface area contributed by atoms with Gasteiger partial charge < -0.3 is 9.47 Å². The Labute approximate surface area is 95.7 Å². The Morgan fingerprint density at radius 3 is 2.50 bits per heavy atom. The van der Waals surface area contributed by atoms with E-state index < -0.39 is 11.7 Å². The van der Waals surface area contributed by atoms with Gasteiger partial charge in [-0.3, -0.25) is 0 Å². The van der Waals surface area contributed by atoms with Gasteiger partial charge in [0.1, 0.15) is 11.4 Å². The molecule has 0 aliphatic heterocycles. The van der Waals surface area contributed by atoms with Crippen LogP contribution in [0.4, 0.5) is 4.79 Å². The van der Waals surface area contributed by atoms with Crippen molar-refractivity contribution in [2.45, 2.75) is 32.8 Å². The normalized spacial score (nSPS) is 18.2. The average Bonchev–Trinajstić information content (AvgIpc) is 2.16. The third-order valence-corrected chi connectivity index (χ3v) is 1.82. The van der Waals surface area contributed by atoms with Crippen molar-refractivity contribution in [2.24, 2.45) is 4.99 Å². The van der Waals surface area contributed by atoms with E-state index in [9.17, 15) is 4.79 Å². The monoisotopic (exact) mass is 223 g/mol. The fourth-order valence-corrected chi connectivity index (χ4v) is 1.16. The minimum Gasteiger partial charge on any atom is -0.497 e. The van der Waals surface area contributed by atoms with E-state index in [1.54, 1.807) is 19.3 Å². The lowest BCUT2D eigenvalue weighted by Crippen LogP contribution is -2.22. The van der Waals surface area contributed by atoms with E-state index in [4.69, 9.17) is 9.47 Å². The number of hydrogen-bond acceptors (Lipinski definition) is 3. The summed E-state index contributed by atoms with van der Waals surface area (Å²) in [4.78, 5) is 15.2. The summed E-state index contributed by atoms with van der Waals surface area (Å²) in [5, 5.41) is 0. The van der Waals surface area contributed by atoms with Crippen LogP contribution < -0.4 is 0 Å². The number of aliphatic imine (C=N–C) groups is 1. The van der Waals surface area contributed by atoms with Gasteiger partial charge in [0.25, 0.3) is 0 Å². The van der Waals surface area contributed by atoms with Crippen LogP contribution in [0.15, 0.2) is 29.0 Å². The number of carbonyl (C=O) groups excluding carboxylic acids is 1. The smallest absolute Gasteiger partial charge is 0.434 e. The molecule has 0 bridgehead atoms. The van der Waals surface area contributed by atoms with Crippen molar-refractivity contribution in [3.8, 4) is 0 Å². The largest absolute Gasteiger partial charge is 0.497 e. The van der Waals surface area contributed by atoms with Crippen LogP contribution in [0.1, 0.15) is 27.2 Å². The first-order valence-electron chi connectivity index (χ1n) is 5.13.